The molecular weight excluding hydrogens is 240 g/mol. The molecule has 3 heteroatoms. The first-order valence-electron chi connectivity index (χ1n) is 4.40. The molecule has 2 rings (SSSR count). The maximum atomic E-state index is 6.77. The van der Waals surface area contributed by atoms with Gasteiger partial charge < -0.3 is 9.83 Å². The van der Waals surface area contributed by atoms with E-state index < -0.39 is 0 Å². The smallest absolute Gasteiger partial charge is 0.218 e. The van der Waals surface area contributed by atoms with E-state index in [2.05, 4.69) is 25.8 Å². The number of hydrogen-bond donors (Lipinski definition) is 1. The van der Waals surface area contributed by atoms with Crippen molar-refractivity contribution in [2.45, 2.75) is 6.42 Å². The Hall–Kier alpha value is -1.27. The van der Waals surface area contributed by atoms with Crippen molar-refractivity contribution in [1.82, 2.24) is 4.98 Å². The summed E-state index contributed by atoms with van der Waals surface area (Å²) in [4.78, 5) is 6.57. The first-order chi connectivity index (χ1) is 6.83. The normalized spacial score (nSPS) is 10.3. The molecule has 2 nitrogen and oxygen atoms in total. The summed E-state index contributed by atoms with van der Waals surface area (Å²) >= 11 is 3.52. The second-order valence-electron chi connectivity index (χ2n) is 3.11. The average molecular weight is 249 g/mol. The van der Waals surface area contributed by atoms with Gasteiger partial charge in [0, 0.05) is 28.0 Å². The van der Waals surface area contributed by atoms with Crippen molar-refractivity contribution in [2.75, 3.05) is 6.54 Å². The third kappa shape index (κ3) is 1.53. The molecule has 0 spiro atoms. The van der Waals surface area contributed by atoms with Crippen LogP contribution in [-0.2, 0) is 6.42 Å². The summed E-state index contributed by atoms with van der Waals surface area (Å²) in [5.74, 6) is 0. The lowest BCUT2D eigenvalue weighted by molar-refractivity contribution is 1.09. The maximum Gasteiger partial charge on any atom is 0.218 e. The number of halogens is 1. The summed E-state index contributed by atoms with van der Waals surface area (Å²) < 4.78 is 1.09. The van der Waals surface area contributed by atoms with Crippen molar-refractivity contribution in [3.63, 3.8) is 0 Å². The largest absolute Gasteiger partial charge is 0.361 e. The zero-order chi connectivity index (χ0) is 9.97. The summed E-state index contributed by atoms with van der Waals surface area (Å²) in [5.41, 5.74) is 2.34. The van der Waals surface area contributed by atoms with E-state index in [-0.39, 0.29) is 0 Å². The molecule has 0 aliphatic rings. The van der Waals surface area contributed by atoms with Gasteiger partial charge in [-0.15, -0.1) is 0 Å². The van der Waals surface area contributed by atoms with Gasteiger partial charge in [0.25, 0.3) is 0 Å². The van der Waals surface area contributed by atoms with Crippen LogP contribution in [0.25, 0.3) is 15.7 Å². The lowest BCUT2D eigenvalue weighted by atomic mass is 10.1. The third-order valence-corrected chi connectivity index (χ3v) is 2.89. The average Bonchev–Trinajstić information content (AvgIpc) is 2.59. The molecule has 14 heavy (non-hydrogen) atoms. The van der Waals surface area contributed by atoms with Crippen molar-refractivity contribution < 1.29 is 0 Å². The second-order valence-corrected chi connectivity index (χ2v) is 3.96. The highest BCUT2D eigenvalue weighted by atomic mass is 79.9. The molecule has 0 aliphatic carbocycles. The van der Waals surface area contributed by atoms with Crippen LogP contribution < -0.4 is 0 Å². The zero-order valence-electron chi connectivity index (χ0n) is 7.55. The third-order valence-electron chi connectivity index (χ3n) is 2.23. The fraction of sp³-hybridized carbons (Fsp3) is 0.182. The highest BCUT2D eigenvalue weighted by Gasteiger charge is 2.06. The number of fused-ring (bicyclic) bond motifs is 1. The molecule has 0 bridgehead atoms. The summed E-state index contributed by atoms with van der Waals surface area (Å²) in [6, 6.07) is 6.07. The van der Waals surface area contributed by atoms with E-state index in [1.54, 1.807) is 0 Å². The van der Waals surface area contributed by atoms with E-state index in [4.69, 9.17) is 6.57 Å². The predicted octanol–water partition coefficient (Wildman–Crippen LogP) is 3.39. The molecule has 0 saturated carbocycles. The minimum absolute atomic E-state index is 0.550. The number of hydrogen-bond acceptors (Lipinski definition) is 0. The Balaban J connectivity index is 2.51. The van der Waals surface area contributed by atoms with Gasteiger partial charge in [-0.25, -0.2) is 6.57 Å². The molecule has 0 aliphatic heterocycles. The number of aromatic amines is 1. The molecule has 70 valence electrons. The van der Waals surface area contributed by atoms with Gasteiger partial charge >= 0.3 is 0 Å². The van der Waals surface area contributed by atoms with Crippen LogP contribution in [0.5, 0.6) is 0 Å². The highest BCUT2D eigenvalue weighted by Crippen LogP contribution is 2.27. The van der Waals surface area contributed by atoms with E-state index >= 15 is 0 Å². The molecule has 0 unspecified atom stereocenters. The molecule has 1 aromatic heterocycles. The highest BCUT2D eigenvalue weighted by molar-refractivity contribution is 9.10. The summed E-state index contributed by atoms with van der Waals surface area (Å²) in [5, 5.41) is 1.20. The fourth-order valence-corrected chi connectivity index (χ4v) is 2.20. The van der Waals surface area contributed by atoms with Crippen LogP contribution in [0.1, 0.15) is 5.56 Å². The Kier molecular flexibility index (Phi) is 2.55. The molecular formula is C11H9BrN2. The Morgan fingerprint density at radius 2 is 2.29 bits per heavy atom. The van der Waals surface area contributed by atoms with Crippen LogP contribution in [0.3, 0.4) is 0 Å². The summed E-state index contributed by atoms with van der Waals surface area (Å²) in [6.07, 6.45) is 2.80. The van der Waals surface area contributed by atoms with Crippen molar-refractivity contribution in [3.05, 3.63) is 45.8 Å². The molecule has 1 heterocycles. The van der Waals surface area contributed by atoms with Crippen molar-refractivity contribution in [2.24, 2.45) is 0 Å². The quantitative estimate of drug-likeness (QED) is 0.787. The first kappa shape index (κ1) is 9.29. The Morgan fingerprint density at radius 3 is 3.07 bits per heavy atom. The van der Waals surface area contributed by atoms with Crippen LogP contribution in [0.15, 0.2) is 28.9 Å². The standard InChI is InChI=1S/C11H9BrN2/c1-13-6-5-8-7-14-10-4-2-3-9(12)11(8)10/h2-4,7,14H,5-6H2. The molecule has 2 aromatic rings. The number of nitrogens with zero attached hydrogens (tertiary/aromatic N) is 1. The van der Waals surface area contributed by atoms with E-state index in [9.17, 15) is 0 Å². The minimum atomic E-state index is 0.550. The fourth-order valence-electron chi connectivity index (χ4n) is 1.58. The Morgan fingerprint density at radius 1 is 1.43 bits per heavy atom. The number of aromatic nitrogens is 1. The zero-order valence-corrected chi connectivity index (χ0v) is 9.13. The molecule has 0 atom stereocenters. The minimum Gasteiger partial charge on any atom is -0.361 e. The summed E-state index contributed by atoms with van der Waals surface area (Å²) in [7, 11) is 0. The number of rotatable bonds is 2. The number of H-pyrrole nitrogens is 1. The van der Waals surface area contributed by atoms with Gasteiger partial charge in [-0.1, -0.05) is 22.0 Å². The SMILES string of the molecule is [C-]#[N+]CCc1c[nH]c2cccc(Br)c12. The van der Waals surface area contributed by atoms with E-state index in [0.29, 0.717) is 6.54 Å². The van der Waals surface area contributed by atoms with Crippen LogP contribution in [0.4, 0.5) is 0 Å². The molecule has 0 fully saturated rings. The van der Waals surface area contributed by atoms with Crippen molar-refractivity contribution in [3.8, 4) is 0 Å². The molecule has 0 radical (unpaired) electrons. The van der Waals surface area contributed by atoms with Crippen LogP contribution in [0, 0.1) is 6.57 Å². The van der Waals surface area contributed by atoms with Crippen molar-refractivity contribution >= 4 is 26.8 Å². The van der Waals surface area contributed by atoms with Gasteiger partial charge in [0.1, 0.15) is 0 Å². The Labute approximate surface area is 90.9 Å². The number of nitrogens with one attached hydrogen (secondary N) is 1. The molecule has 1 N–H and O–H groups in total. The van der Waals surface area contributed by atoms with Gasteiger partial charge in [0.05, 0.1) is 0 Å². The number of benzene rings is 1. The van der Waals surface area contributed by atoms with Gasteiger partial charge in [-0.2, -0.15) is 0 Å². The molecule has 1 aromatic carbocycles. The molecule has 0 saturated heterocycles. The van der Waals surface area contributed by atoms with Gasteiger partial charge in [-0.05, 0) is 17.7 Å². The summed E-state index contributed by atoms with van der Waals surface area (Å²) in [6.45, 7) is 7.32. The Bertz CT molecular complexity index is 493. The van der Waals surface area contributed by atoms with E-state index in [0.717, 1.165) is 16.4 Å². The second kappa shape index (κ2) is 3.85. The molecule has 0 amide bonds. The monoisotopic (exact) mass is 248 g/mol. The van der Waals surface area contributed by atoms with Crippen LogP contribution >= 0.6 is 15.9 Å². The lowest BCUT2D eigenvalue weighted by Gasteiger charge is -1.96. The van der Waals surface area contributed by atoms with E-state index in [1.165, 1.54) is 10.9 Å². The van der Waals surface area contributed by atoms with E-state index in [1.807, 2.05) is 24.4 Å². The lowest BCUT2D eigenvalue weighted by Crippen LogP contribution is -1.85. The van der Waals surface area contributed by atoms with Gasteiger partial charge in [-0.3, -0.25) is 0 Å². The first-order valence-corrected chi connectivity index (χ1v) is 5.20. The van der Waals surface area contributed by atoms with Crippen LogP contribution in [0.2, 0.25) is 0 Å². The van der Waals surface area contributed by atoms with Crippen LogP contribution in [-0.4, -0.2) is 11.5 Å². The van der Waals surface area contributed by atoms with Crippen molar-refractivity contribution in [1.29, 1.82) is 0 Å². The topological polar surface area (TPSA) is 20.1 Å². The van der Waals surface area contributed by atoms with Gasteiger partial charge in [0.15, 0.2) is 0 Å². The van der Waals surface area contributed by atoms with Gasteiger partial charge in [0.2, 0.25) is 6.54 Å². The maximum absolute atomic E-state index is 6.77. The predicted molar refractivity (Wildman–Crippen MR) is 61.2 cm³/mol.